The topological polar surface area (TPSA) is 66.5 Å². The number of aryl methyl sites for hydroxylation is 1. The summed E-state index contributed by atoms with van der Waals surface area (Å²) in [7, 11) is -3.75. The number of hydrogen-bond donors (Lipinski definition) is 1. The van der Waals surface area contributed by atoms with Crippen molar-refractivity contribution in [2.45, 2.75) is 50.1 Å². The van der Waals surface area contributed by atoms with Gasteiger partial charge in [0.2, 0.25) is 15.9 Å². The molecule has 0 radical (unpaired) electrons. The van der Waals surface area contributed by atoms with Crippen LogP contribution in [0, 0.1) is 6.92 Å². The van der Waals surface area contributed by atoms with Gasteiger partial charge >= 0.3 is 0 Å². The number of halogens is 1. The Morgan fingerprint density at radius 1 is 1.18 bits per heavy atom. The van der Waals surface area contributed by atoms with Crippen LogP contribution in [0.5, 0.6) is 0 Å². The van der Waals surface area contributed by atoms with Gasteiger partial charge in [0.15, 0.2) is 0 Å². The van der Waals surface area contributed by atoms with Gasteiger partial charge in [-0.1, -0.05) is 48.4 Å². The first-order chi connectivity index (χ1) is 13.3. The summed E-state index contributed by atoms with van der Waals surface area (Å²) in [6, 6.07) is 13.2. The van der Waals surface area contributed by atoms with Crippen LogP contribution < -0.4 is 5.32 Å². The molecule has 0 aliphatic carbocycles. The number of rotatable bonds is 6. The molecule has 2 aromatic carbocycles. The Kier molecular flexibility index (Phi) is 6.43. The molecule has 1 heterocycles. The van der Waals surface area contributed by atoms with E-state index in [0.29, 0.717) is 24.4 Å². The van der Waals surface area contributed by atoms with E-state index in [9.17, 15) is 13.2 Å². The van der Waals surface area contributed by atoms with E-state index in [1.807, 2.05) is 38.1 Å². The molecule has 2 atom stereocenters. The molecule has 0 spiro atoms. The first-order valence-corrected chi connectivity index (χ1v) is 11.3. The maximum atomic E-state index is 13.0. The number of sulfonamides is 1. The van der Waals surface area contributed by atoms with Crippen LogP contribution in [-0.4, -0.2) is 31.2 Å². The number of carbonyl (C=O) groups is 1. The van der Waals surface area contributed by atoms with Crippen molar-refractivity contribution >= 4 is 27.5 Å². The standard InChI is InChI=1S/C21H25ClN2O3S/c1-3-19(16-8-6-15(2)7-9-16)23-21(25)20-5-4-14-24(20)28(26,27)18-12-10-17(22)11-13-18/h6-13,19-20H,3-5,14H2,1-2H3,(H,23,25)/t19-,20+/m1/s1. The van der Waals surface area contributed by atoms with Crippen LogP contribution in [0.15, 0.2) is 53.4 Å². The van der Waals surface area contributed by atoms with E-state index < -0.39 is 16.1 Å². The third-order valence-corrected chi connectivity index (χ3v) is 7.31. The average molecular weight is 421 g/mol. The summed E-state index contributed by atoms with van der Waals surface area (Å²) in [6.07, 6.45) is 1.90. The average Bonchev–Trinajstić information content (AvgIpc) is 3.18. The molecule has 1 saturated heterocycles. The Morgan fingerprint density at radius 2 is 1.82 bits per heavy atom. The lowest BCUT2D eigenvalue weighted by Gasteiger charge is -2.26. The molecule has 1 aliphatic heterocycles. The zero-order valence-electron chi connectivity index (χ0n) is 16.1. The molecule has 1 aliphatic rings. The third-order valence-electron chi connectivity index (χ3n) is 5.13. The number of carbonyl (C=O) groups excluding carboxylic acids is 1. The van der Waals surface area contributed by atoms with Crippen molar-refractivity contribution in [3.05, 3.63) is 64.7 Å². The first-order valence-electron chi connectivity index (χ1n) is 9.47. The summed E-state index contributed by atoms with van der Waals surface area (Å²) in [4.78, 5) is 13.1. The number of benzene rings is 2. The fourth-order valence-electron chi connectivity index (χ4n) is 3.52. The molecule has 0 saturated carbocycles. The van der Waals surface area contributed by atoms with Gasteiger partial charge in [-0.25, -0.2) is 8.42 Å². The summed E-state index contributed by atoms with van der Waals surface area (Å²) < 4.78 is 27.4. The van der Waals surface area contributed by atoms with Gasteiger partial charge in [0.25, 0.3) is 0 Å². The largest absolute Gasteiger partial charge is 0.348 e. The van der Waals surface area contributed by atoms with E-state index in [-0.39, 0.29) is 16.8 Å². The highest BCUT2D eigenvalue weighted by Crippen LogP contribution is 2.28. The van der Waals surface area contributed by atoms with Crippen molar-refractivity contribution in [1.82, 2.24) is 9.62 Å². The van der Waals surface area contributed by atoms with E-state index >= 15 is 0 Å². The zero-order valence-corrected chi connectivity index (χ0v) is 17.6. The van der Waals surface area contributed by atoms with E-state index in [4.69, 9.17) is 11.6 Å². The van der Waals surface area contributed by atoms with Crippen LogP contribution in [0.2, 0.25) is 5.02 Å². The van der Waals surface area contributed by atoms with Gasteiger partial charge in [0.05, 0.1) is 10.9 Å². The van der Waals surface area contributed by atoms with Crippen LogP contribution in [0.25, 0.3) is 0 Å². The van der Waals surface area contributed by atoms with Crippen LogP contribution in [0.3, 0.4) is 0 Å². The normalized spacial score (nSPS) is 18.8. The summed E-state index contributed by atoms with van der Waals surface area (Å²) in [5.41, 5.74) is 2.17. The van der Waals surface area contributed by atoms with Crippen molar-refractivity contribution in [2.24, 2.45) is 0 Å². The summed E-state index contributed by atoms with van der Waals surface area (Å²) in [6.45, 7) is 4.35. The minimum Gasteiger partial charge on any atom is -0.348 e. The van der Waals surface area contributed by atoms with Crippen LogP contribution in [0.4, 0.5) is 0 Å². The molecule has 3 rings (SSSR count). The molecule has 28 heavy (non-hydrogen) atoms. The van der Waals surface area contributed by atoms with E-state index in [1.165, 1.54) is 16.4 Å². The Morgan fingerprint density at radius 3 is 2.43 bits per heavy atom. The zero-order chi connectivity index (χ0) is 20.3. The van der Waals surface area contributed by atoms with E-state index in [1.54, 1.807) is 12.1 Å². The molecule has 7 heteroatoms. The maximum Gasteiger partial charge on any atom is 0.243 e. The highest BCUT2D eigenvalue weighted by Gasteiger charge is 2.39. The molecular formula is C21H25ClN2O3S. The monoisotopic (exact) mass is 420 g/mol. The Labute approximate surface area is 171 Å². The predicted molar refractivity (Wildman–Crippen MR) is 111 cm³/mol. The SMILES string of the molecule is CC[C@@H](NC(=O)[C@@H]1CCCN1S(=O)(=O)c1ccc(Cl)cc1)c1ccc(C)cc1. The second-order valence-electron chi connectivity index (χ2n) is 7.11. The van der Waals surface area contributed by atoms with Gasteiger partial charge in [0, 0.05) is 11.6 Å². The van der Waals surface area contributed by atoms with Gasteiger partial charge in [-0.3, -0.25) is 4.79 Å². The minimum absolute atomic E-state index is 0.145. The van der Waals surface area contributed by atoms with Crippen LogP contribution in [0.1, 0.15) is 43.4 Å². The van der Waals surface area contributed by atoms with Gasteiger partial charge in [-0.2, -0.15) is 4.31 Å². The molecule has 0 unspecified atom stereocenters. The lowest BCUT2D eigenvalue weighted by Crippen LogP contribution is -2.46. The number of amides is 1. The Balaban J connectivity index is 1.78. The summed E-state index contributed by atoms with van der Waals surface area (Å²) in [5, 5.41) is 3.51. The number of hydrogen-bond acceptors (Lipinski definition) is 3. The van der Waals surface area contributed by atoms with Gasteiger partial charge in [0.1, 0.15) is 6.04 Å². The molecule has 1 fully saturated rings. The molecule has 1 amide bonds. The molecule has 5 nitrogen and oxygen atoms in total. The Hall–Kier alpha value is -1.89. The molecule has 2 aromatic rings. The highest BCUT2D eigenvalue weighted by atomic mass is 35.5. The van der Waals surface area contributed by atoms with Gasteiger partial charge in [-0.15, -0.1) is 0 Å². The third kappa shape index (κ3) is 4.40. The molecule has 0 aromatic heterocycles. The van der Waals surface area contributed by atoms with Crippen molar-refractivity contribution in [2.75, 3.05) is 6.54 Å². The lowest BCUT2D eigenvalue weighted by atomic mass is 10.0. The van der Waals surface area contributed by atoms with Crippen LogP contribution in [-0.2, 0) is 14.8 Å². The molecule has 150 valence electrons. The predicted octanol–water partition coefficient (Wildman–Crippen LogP) is 4.07. The Bertz CT molecular complexity index is 927. The van der Waals surface area contributed by atoms with Crippen molar-refractivity contribution < 1.29 is 13.2 Å². The first kappa shape index (κ1) is 20.8. The second-order valence-corrected chi connectivity index (χ2v) is 9.43. The number of nitrogens with zero attached hydrogens (tertiary/aromatic N) is 1. The number of nitrogens with one attached hydrogen (secondary N) is 1. The van der Waals surface area contributed by atoms with Gasteiger partial charge in [-0.05, 0) is 56.0 Å². The fraction of sp³-hybridized carbons (Fsp3) is 0.381. The molecule has 1 N–H and O–H groups in total. The highest BCUT2D eigenvalue weighted by molar-refractivity contribution is 7.89. The lowest BCUT2D eigenvalue weighted by molar-refractivity contribution is -0.125. The quantitative estimate of drug-likeness (QED) is 0.765. The second kappa shape index (κ2) is 8.64. The fourth-order valence-corrected chi connectivity index (χ4v) is 5.30. The van der Waals surface area contributed by atoms with Gasteiger partial charge < -0.3 is 5.32 Å². The molecular weight excluding hydrogens is 396 g/mol. The van der Waals surface area contributed by atoms with E-state index in [2.05, 4.69) is 5.32 Å². The maximum absolute atomic E-state index is 13.0. The van der Waals surface area contributed by atoms with Crippen LogP contribution >= 0.6 is 11.6 Å². The minimum atomic E-state index is -3.75. The molecule has 0 bridgehead atoms. The van der Waals surface area contributed by atoms with Crippen molar-refractivity contribution in [1.29, 1.82) is 0 Å². The van der Waals surface area contributed by atoms with E-state index in [0.717, 1.165) is 17.5 Å². The summed E-state index contributed by atoms with van der Waals surface area (Å²) >= 11 is 5.87. The summed E-state index contributed by atoms with van der Waals surface area (Å²) in [5.74, 6) is -0.248. The van der Waals surface area contributed by atoms with Crippen molar-refractivity contribution in [3.8, 4) is 0 Å². The van der Waals surface area contributed by atoms with Crippen molar-refractivity contribution in [3.63, 3.8) is 0 Å². The smallest absolute Gasteiger partial charge is 0.243 e.